The molecule has 0 saturated heterocycles. The maximum absolute atomic E-state index is 5.86. The second-order valence-corrected chi connectivity index (χ2v) is 5.37. The zero-order valence-electron chi connectivity index (χ0n) is 10.6. The molecule has 0 bridgehead atoms. The number of nitrogens with one attached hydrogen (secondary N) is 3. The SMILES string of the molecule is Nc1cc(CC2CCCCCC2)c2c(n1)NNN2. The van der Waals surface area contributed by atoms with Crippen molar-refractivity contribution in [3.63, 3.8) is 0 Å². The minimum absolute atomic E-state index is 0.593. The summed E-state index contributed by atoms with van der Waals surface area (Å²) in [5.41, 5.74) is 17.2. The maximum Gasteiger partial charge on any atom is 0.169 e. The van der Waals surface area contributed by atoms with E-state index in [0.717, 1.165) is 23.8 Å². The largest absolute Gasteiger partial charge is 0.384 e. The molecule has 1 fully saturated rings. The summed E-state index contributed by atoms with van der Waals surface area (Å²) in [6, 6.07) is 2.01. The highest BCUT2D eigenvalue weighted by atomic mass is 15.6. The molecule has 1 saturated carbocycles. The minimum atomic E-state index is 0.593. The lowest BCUT2D eigenvalue weighted by molar-refractivity contribution is 0.458. The Labute approximate surface area is 107 Å². The smallest absolute Gasteiger partial charge is 0.169 e. The van der Waals surface area contributed by atoms with Crippen molar-refractivity contribution in [2.24, 2.45) is 5.92 Å². The average Bonchev–Trinajstić information content (AvgIpc) is 2.66. The third kappa shape index (κ3) is 2.36. The lowest BCUT2D eigenvalue weighted by Crippen LogP contribution is -2.20. The molecule has 1 aliphatic heterocycles. The molecule has 0 spiro atoms. The number of aromatic nitrogens is 1. The summed E-state index contributed by atoms with van der Waals surface area (Å²) in [5.74, 6) is 2.20. The van der Waals surface area contributed by atoms with Gasteiger partial charge in [0.05, 0.1) is 5.69 Å². The van der Waals surface area contributed by atoms with Gasteiger partial charge in [0.15, 0.2) is 5.82 Å². The Morgan fingerprint density at radius 3 is 2.72 bits per heavy atom. The topological polar surface area (TPSA) is 75.0 Å². The average molecular weight is 247 g/mol. The Balaban J connectivity index is 1.79. The molecule has 98 valence electrons. The molecular formula is C13H21N5. The van der Waals surface area contributed by atoms with Crippen LogP contribution in [0.15, 0.2) is 6.07 Å². The zero-order valence-corrected chi connectivity index (χ0v) is 10.6. The number of nitrogens with two attached hydrogens (primary N) is 1. The Bertz CT molecular complexity index is 424. The summed E-state index contributed by atoms with van der Waals surface area (Å²) in [5, 5.41) is 0. The summed E-state index contributed by atoms with van der Waals surface area (Å²) in [6.07, 6.45) is 9.33. The van der Waals surface area contributed by atoms with Gasteiger partial charge in [0.25, 0.3) is 0 Å². The first-order valence-corrected chi connectivity index (χ1v) is 6.89. The molecule has 0 radical (unpaired) electrons. The van der Waals surface area contributed by atoms with Crippen molar-refractivity contribution in [2.45, 2.75) is 44.9 Å². The molecule has 2 aliphatic rings. The van der Waals surface area contributed by atoms with Gasteiger partial charge in [-0.15, -0.1) is 5.53 Å². The Morgan fingerprint density at radius 1 is 1.17 bits per heavy atom. The van der Waals surface area contributed by atoms with Crippen LogP contribution < -0.4 is 22.1 Å². The molecule has 3 rings (SSSR count). The van der Waals surface area contributed by atoms with E-state index in [2.05, 4.69) is 21.4 Å². The number of rotatable bonds is 2. The fourth-order valence-corrected chi connectivity index (χ4v) is 3.04. The molecule has 5 heteroatoms. The highest BCUT2D eigenvalue weighted by Crippen LogP contribution is 2.33. The van der Waals surface area contributed by atoms with E-state index in [1.807, 2.05) is 6.07 Å². The van der Waals surface area contributed by atoms with Gasteiger partial charge < -0.3 is 11.2 Å². The fraction of sp³-hybridized carbons (Fsp3) is 0.615. The number of hydrazine groups is 2. The summed E-state index contributed by atoms with van der Waals surface area (Å²) in [4.78, 5) is 4.27. The van der Waals surface area contributed by atoms with Crippen LogP contribution in [0.3, 0.4) is 0 Å². The van der Waals surface area contributed by atoms with Gasteiger partial charge in [-0.2, -0.15) is 0 Å². The molecule has 2 heterocycles. The molecule has 0 atom stereocenters. The molecule has 1 aromatic rings. The molecule has 0 unspecified atom stereocenters. The van der Waals surface area contributed by atoms with Crippen molar-refractivity contribution in [3.05, 3.63) is 11.6 Å². The van der Waals surface area contributed by atoms with Crippen molar-refractivity contribution in [2.75, 3.05) is 16.6 Å². The van der Waals surface area contributed by atoms with Crippen LogP contribution in [-0.2, 0) is 6.42 Å². The minimum Gasteiger partial charge on any atom is -0.384 e. The maximum atomic E-state index is 5.86. The normalized spacial score (nSPS) is 19.8. The van der Waals surface area contributed by atoms with Gasteiger partial charge in [-0.1, -0.05) is 38.5 Å². The lowest BCUT2D eigenvalue weighted by atomic mass is 9.92. The van der Waals surface area contributed by atoms with E-state index in [-0.39, 0.29) is 0 Å². The molecule has 1 aliphatic carbocycles. The molecule has 0 amide bonds. The van der Waals surface area contributed by atoms with Gasteiger partial charge in [0.1, 0.15) is 5.82 Å². The number of nitrogen functional groups attached to an aromatic ring is 1. The monoisotopic (exact) mass is 247 g/mol. The van der Waals surface area contributed by atoms with Gasteiger partial charge in [-0.05, 0) is 24.0 Å². The Hall–Kier alpha value is -1.49. The quantitative estimate of drug-likeness (QED) is 0.604. The van der Waals surface area contributed by atoms with Crippen LogP contribution in [0.4, 0.5) is 17.3 Å². The first-order valence-electron chi connectivity index (χ1n) is 6.89. The first kappa shape index (κ1) is 11.6. The molecular weight excluding hydrogens is 226 g/mol. The van der Waals surface area contributed by atoms with E-state index in [0.29, 0.717) is 5.82 Å². The number of hydrogen-bond donors (Lipinski definition) is 4. The van der Waals surface area contributed by atoms with E-state index >= 15 is 0 Å². The van der Waals surface area contributed by atoms with Gasteiger partial charge in [-0.25, -0.2) is 4.98 Å². The van der Waals surface area contributed by atoms with Gasteiger partial charge in [0.2, 0.25) is 0 Å². The van der Waals surface area contributed by atoms with Crippen molar-refractivity contribution < 1.29 is 0 Å². The molecule has 1 aromatic heterocycles. The summed E-state index contributed by atoms with van der Waals surface area (Å²) in [7, 11) is 0. The van der Waals surface area contributed by atoms with Crippen LogP contribution in [0, 0.1) is 5.92 Å². The molecule has 5 nitrogen and oxygen atoms in total. The van der Waals surface area contributed by atoms with Crippen LogP contribution in [0.1, 0.15) is 44.1 Å². The summed E-state index contributed by atoms with van der Waals surface area (Å²) in [6.45, 7) is 0. The van der Waals surface area contributed by atoms with E-state index in [4.69, 9.17) is 5.73 Å². The molecule has 0 aromatic carbocycles. The van der Waals surface area contributed by atoms with Crippen LogP contribution in [-0.4, -0.2) is 4.98 Å². The number of nitrogens with zero attached hydrogens (tertiary/aromatic N) is 1. The summed E-state index contributed by atoms with van der Waals surface area (Å²) < 4.78 is 0. The third-order valence-corrected chi connectivity index (χ3v) is 3.97. The highest BCUT2D eigenvalue weighted by Gasteiger charge is 2.20. The molecule has 18 heavy (non-hydrogen) atoms. The van der Waals surface area contributed by atoms with E-state index in [1.54, 1.807) is 0 Å². The number of hydrogen-bond acceptors (Lipinski definition) is 5. The van der Waals surface area contributed by atoms with Gasteiger partial charge >= 0.3 is 0 Å². The number of pyridine rings is 1. The predicted molar refractivity (Wildman–Crippen MR) is 73.9 cm³/mol. The third-order valence-electron chi connectivity index (χ3n) is 3.97. The van der Waals surface area contributed by atoms with Crippen LogP contribution in [0.25, 0.3) is 0 Å². The predicted octanol–water partition coefficient (Wildman–Crippen LogP) is 2.43. The standard InChI is InChI=1S/C13H21N5/c14-11-8-10(12-13(15-11)17-18-16-12)7-9-5-3-1-2-4-6-9/h8-9,16,18H,1-7H2,(H3,14,15,17). The lowest BCUT2D eigenvalue weighted by Gasteiger charge is -2.16. The van der Waals surface area contributed by atoms with Crippen molar-refractivity contribution in [1.29, 1.82) is 0 Å². The van der Waals surface area contributed by atoms with Crippen LogP contribution in [0.2, 0.25) is 0 Å². The van der Waals surface area contributed by atoms with Crippen molar-refractivity contribution in [1.82, 2.24) is 10.5 Å². The van der Waals surface area contributed by atoms with E-state index in [1.165, 1.54) is 44.1 Å². The molecule has 5 N–H and O–H groups in total. The van der Waals surface area contributed by atoms with E-state index < -0.39 is 0 Å². The Morgan fingerprint density at radius 2 is 1.94 bits per heavy atom. The second-order valence-electron chi connectivity index (χ2n) is 5.37. The fourth-order valence-electron chi connectivity index (χ4n) is 3.04. The highest BCUT2D eigenvalue weighted by molar-refractivity contribution is 5.73. The van der Waals surface area contributed by atoms with Crippen molar-refractivity contribution in [3.8, 4) is 0 Å². The van der Waals surface area contributed by atoms with Crippen molar-refractivity contribution >= 4 is 17.3 Å². The van der Waals surface area contributed by atoms with Gasteiger partial charge in [-0.3, -0.25) is 5.43 Å². The Kier molecular flexibility index (Phi) is 3.23. The van der Waals surface area contributed by atoms with Crippen LogP contribution >= 0.6 is 0 Å². The number of anilines is 3. The zero-order chi connectivity index (χ0) is 12.4. The first-order chi connectivity index (χ1) is 8.83. The summed E-state index contributed by atoms with van der Waals surface area (Å²) >= 11 is 0. The van der Waals surface area contributed by atoms with Gasteiger partial charge in [0, 0.05) is 0 Å². The van der Waals surface area contributed by atoms with Crippen LogP contribution in [0.5, 0.6) is 0 Å². The number of fused-ring (bicyclic) bond motifs is 1. The van der Waals surface area contributed by atoms with E-state index in [9.17, 15) is 0 Å². The second kappa shape index (κ2) is 5.02.